The number of methoxy groups -OCH3 is 1. The number of carbonyl (C=O) groups excluding carboxylic acids is 1. The second-order valence-electron chi connectivity index (χ2n) is 7.78. The first-order valence-corrected chi connectivity index (χ1v) is 12.2. The molecule has 7 nitrogen and oxygen atoms in total. The van der Waals surface area contributed by atoms with E-state index in [-0.39, 0.29) is 17.3 Å². The number of nitrogens with zero attached hydrogens (tertiary/aromatic N) is 1. The Balaban J connectivity index is 1.46. The van der Waals surface area contributed by atoms with Crippen LogP contribution in [-0.4, -0.2) is 38.8 Å². The van der Waals surface area contributed by atoms with Crippen LogP contribution >= 0.6 is 0 Å². The number of carbonyl (C=O) groups is 1. The lowest BCUT2D eigenvalue weighted by Crippen LogP contribution is -2.43. The lowest BCUT2D eigenvalue weighted by molar-refractivity contribution is -0.120. The number of anilines is 1. The average molecular weight is 467 g/mol. The Morgan fingerprint density at radius 1 is 0.939 bits per heavy atom. The lowest BCUT2D eigenvalue weighted by Gasteiger charge is -2.31. The highest BCUT2D eigenvalue weighted by molar-refractivity contribution is 7.89. The molecule has 0 spiro atoms. The summed E-state index contributed by atoms with van der Waals surface area (Å²) in [7, 11) is -2.17. The number of rotatable bonds is 7. The summed E-state index contributed by atoms with van der Waals surface area (Å²) in [6.07, 6.45) is 1.22. The maximum Gasteiger partial charge on any atom is 0.243 e. The molecule has 1 atom stereocenters. The molecule has 0 aromatic heterocycles. The van der Waals surface area contributed by atoms with Crippen molar-refractivity contribution in [2.24, 2.45) is 5.92 Å². The summed E-state index contributed by atoms with van der Waals surface area (Å²) < 4.78 is 38.6. The highest BCUT2D eigenvalue weighted by Gasteiger charge is 2.33. The molecular weight excluding hydrogens is 440 g/mol. The van der Waals surface area contributed by atoms with Gasteiger partial charge in [0.15, 0.2) is 5.75 Å². The first-order chi connectivity index (χ1) is 16.0. The quantitative estimate of drug-likeness (QED) is 0.553. The highest BCUT2D eigenvalue weighted by atomic mass is 32.2. The molecule has 3 aromatic carbocycles. The van der Waals surface area contributed by atoms with E-state index in [1.54, 1.807) is 24.3 Å². The van der Waals surface area contributed by atoms with Crippen molar-refractivity contribution in [1.82, 2.24) is 4.31 Å². The topological polar surface area (TPSA) is 84.9 Å². The third-order valence-corrected chi connectivity index (χ3v) is 7.45. The van der Waals surface area contributed by atoms with Gasteiger partial charge in [0.1, 0.15) is 11.5 Å². The maximum atomic E-state index is 13.1. The zero-order valence-corrected chi connectivity index (χ0v) is 19.1. The van der Waals surface area contributed by atoms with Crippen LogP contribution in [0.2, 0.25) is 0 Å². The van der Waals surface area contributed by atoms with E-state index in [2.05, 4.69) is 5.32 Å². The van der Waals surface area contributed by atoms with E-state index in [0.717, 1.165) is 0 Å². The van der Waals surface area contributed by atoms with E-state index >= 15 is 0 Å². The molecule has 1 fully saturated rings. The van der Waals surface area contributed by atoms with Crippen molar-refractivity contribution >= 4 is 21.6 Å². The monoisotopic (exact) mass is 466 g/mol. The van der Waals surface area contributed by atoms with Crippen molar-refractivity contribution in [2.45, 2.75) is 17.7 Å². The van der Waals surface area contributed by atoms with Crippen LogP contribution in [-0.2, 0) is 14.8 Å². The van der Waals surface area contributed by atoms with Crippen molar-refractivity contribution in [3.63, 3.8) is 0 Å². The summed E-state index contributed by atoms with van der Waals surface area (Å²) in [5.41, 5.74) is 0.543. The number of ether oxygens (including phenoxy) is 2. The van der Waals surface area contributed by atoms with Crippen molar-refractivity contribution in [2.75, 3.05) is 25.5 Å². The molecule has 8 heteroatoms. The molecule has 1 saturated heterocycles. The van der Waals surface area contributed by atoms with Crippen LogP contribution in [0.15, 0.2) is 83.8 Å². The van der Waals surface area contributed by atoms with E-state index in [0.29, 0.717) is 42.3 Å². The summed E-state index contributed by atoms with van der Waals surface area (Å²) in [6, 6.07) is 22.8. The summed E-state index contributed by atoms with van der Waals surface area (Å²) in [6.45, 7) is 0.508. The fraction of sp³-hybridized carbons (Fsp3) is 0.240. The van der Waals surface area contributed by atoms with Gasteiger partial charge in [0.2, 0.25) is 15.9 Å². The van der Waals surface area contributed by atoms with E-state index < -0.39 is 15.9 Å². The average Bonchev–Trinajstić information content (AvgIpc) is 2.86. The second-order valence-corrected chi connectivity index (χ2v) is 9.72. The fourth-order valence-corrected chi connectivity index (χ4v) is 5.30. The molecule has 1 aliphatic rings. The Bertz CT molecular complexity index is 1200. The minimum absolute atomic E-state index is 0.127. The molecule has 1 unspecified atom stereocenters. The van der Waals surface area contributed by atoms with Crippen molar-refractivity contribution < 1.29 is 22.7 Å². The van der Waals surface area contributed by atoms with E-state index in [9.17, 15) is 13.2 Å². The summed E-state index contributed by atoms with van der Waals surface area (Å²) in [5, 5.41) is 2.93. The van der Waals surface area contributed by atoms with Gasteiger partial charge in [0.05, 0.1) is 23.6 Å². The fourth-order valence-electron chi connectivity index (χ4n) is 3.78. The Morgan fingerprint density at radius 2 is 1.64 bits per heavy atom. The lowest BCUT2D eigenvalue weighted by atomic mass is 9.98. The second kappa shape index (κ2) is 10.1. The summed E-state index contributed by atoms with van der Waals surface area (Å²) >= 11 is 0. The zero-order valence-electron chi connectivity index (χ0n) is 18.3. The molecule has 1 heterocycles. The molecule has 1 aliphatic heterocycles. The predicted octanol–water partition coefficient (Wildman–Crippen LogP) is 4.53. The van der Waals surface area contributed by atoms with Gasteiger partial charge in [-0.1, -0.05) is 30.3 Å². The van der Waals surface area contributed by atoms with Crippen LogP contribution in [0.5, 0.6) is 17.2 Å². The van der Waals surface area contributed by atoms with Gasteiger partial charge < -0.3 is 14.8 Å². The molecule has 1 N–H and O–H groups in total. The van der Waals surface area contributed by atoms with Crippen LogP contribution in [0, 0.1) is 5.92 Å². The van der Waals surface area contributed by atoms with Crippen molar-refractivity contribution in [3.8, 4) is 17.2 Å². The van der Waals surface area contributed by atoms with Gasteiger partial charge in [-0.3, -0.25) is 4.79 Å². The maximum absolute atomic E-state index is 13.1. The molecule has 4 rings (SSSR count). The first-order valence-electron chi connectivity index (χ1n) is 10.7. The third kappa shape index (κ3) is 5.35. The van der Waals surface area contributed by atoms with Gasteiger partial charge in [0.25, 0.3) is 0 Å². The number of sulfonamides is 1. The van der Waals surface area contributed by atoms with Gasteiger partial charge in [-0.15, -0.1) is 0 Å². The molecule has 1 amide bonds. The van der Waals surface area contributed by atoms with Gasteiger partial charge >= 0.3 is 0 Å². The number of piperidine rings is 1. The van der Waals surface area contributed by atoms with Gasteiger partial charge in [-0.2, -0.15) is 4.31 Å². The Kier molecular flexibility index (Phi) is 6.96. The molecular formula is C25H26N2O5S. The number of hydrogen-bond donors (Lipinski definition) is 1. The Labute approximate surface area is 194 Å². The number of hydrogen-bond acceptors (Lipinski definition) is 5. The Morgan fingerprint density at radius 3 is 2.36 bits per heavy atom. The third-order valence-electron chi connectivity index (χ3n) is 5.57. The molecule has 0 bridgehead atoms. The molecule has 0 aliphatic carbocycles. The van der Waals surface area contributed by atoms with Gasteiger partial charge in [-0.05, 0) is 61.4 Å². The van der Waals surface area contributed by atoms with Gasteiger partial charge in [-0.25, -0.2) is 8.42 Å². The van der Waals surface area contributed by atoms with Crippen LogP contribution in [0.1, 0.15) is 12.8 Å². The van der Waals surface area contributed by atoms with E-state index in [4.69, 9.17) is 9.47 Å². The smallest absolute Gasteiger partial charge is 0.243 e. The number of para-hydroxylation sites is 3. The summed E-state index contributed by atoms with van der Waals surface area (Å²) in [5.74, 6) is 1.08. The predicted molar refractivity (Wildman–Crippen MR) is 126 cm³/mol. The molecule has 33 heavy (non-hydrogen) atoms. The Hall–Kier alpha value is -3.36. The van der Waals surface area contributed by atoms with Gasteiger partial charge in [0, 0.05) is 13.1 Å². The van der Waals surface area contributed by atoms with Crippen LogP contribution in [0.3, 0.4) is 0 Å². The molecule has 0 radical (unpaired) electrons. The SMILES string of the molecule is COc1ccc(S(=O)(=O)N2CCCC(C(=O)Nc3ccccc3Oc3ccccc3)C2)cc1. The highest BCUT2D eigenvalue weighted by Crippen LogP contribution is 2.31. The van der Waals surface area contributed by atoms with Crippen molar-refractivity contribution in [1.29, 1.82) is 0 Å². The van der Waals surface area contributed by atoms with Crippen molar-refractivity contribution in [3.05, 3.63) is 78.9 Å². The standard InChI is InChI=1S/C25H26N2O5S/c1-31-20-13-15-22(16-14-20)33(29,30)27-17-7-8-19(18-27)25(28)26-23-11-5-6-12-24(23)32-21-9-3-2-4-10-21/h2-6,9-16,19H,7-8,17-18H2,1H3,(H,26,28). The number of amides is 1. The van der Waals surface area contributed by atoms with E-state index in [1.807, 2.05) is 42.5 Å². The minimum atomic E-state index is -3.70. The number of nitrogens with one attached hydrogen (secondary N) is 1. The van der Waals surface area contributed by atoms with Crippen LogP contribution in [0.4, 0.5) is 5.69 Å². The van der Waals surface area contributed by atoms with Crippen LogP contribution < -0.4 is 14.8 Å². The molecule has 0 saturated carbocycles. The summed E-state index contributed by atoms with van der Waals surface area (Å²) in [4.78, 5) is 13.2. The van der Waals surface area contributed by atoms with E-state index in [1.165, 1.54) is 23.5 Å². The largest absolute Gasteiger partial charge is 0.497 e. The zero-order chi connectivity index (χ0) is 23.3. The molecule has 172 valence electrons. The number of benzene rings is 3. The first kappa shape index (κ1) is 22.8. The molecule has 3 aromatic rings. The minimum Gasteiger partial charge on any atom is -0.497 e. The van der Waals surface area contributed by atoms with Crippen LogP contribution in [0.25, 0.3) is 0 Å². The normalized spacial score (nSPS) is 16.7.